The number of nitro benzene ring substituents is 1. The Kier molecular flexibility index (Phi) is 4.01. The van der Waals surface area contributed by atoms with Crippen molar-refractivity contribution in [3.05, 3.63) is 38.9 Å². The Bertz CT molecular complexity index is 513. The Balaban J connectivity index is 2.27. The molecule has 1 saturated heterocycles. The Hall–Kier alpha value is -1.66. The summed E-state index contributed by atoms with van der Waals surface area (Å²) in [5, 5.41) is 11.3. The second-order valence-electron chi connectivity index (χ2n) is 4.55. The van der Waals surface area contributed by atoms with Gasteiger partial charge in [-0.2, -0.15) is 0 Å². The number of piperidine rings is 1. The number of hydrogen-bond acceptors (Lipinski definition) is 4. The van der Waals surface area contributed by atoms with Gasteiger partial charge in [0.15, 0.2) is 0 Å². The van der Waals surface area contributed by atoms with Crippen molar-refractivity contribution in [2.24, 2.45) is 5.73 Å². The fourth-order valence-electron chi connectivity index (χ4n) is 2.11. The second kappa shape index (κ2) is 5.54. The lowest BCUT2D eigenvalue weighted by Crippen LogP contribution is -2.43. The standard InChI is InChI=1S/C12H14ClN3O3/c13-8-1-2-11(16(18)19)10(7-8)12(17)15-5-3-9(14)4-6-15/h1-2,7,9H,3-6,14H2. The van der Waals surface area contributed by atoms with Crippen LogP contribution in [0, 0.1) is 10.1 Å². The van der Waals surface area contributed by atoms with Crippen molar-refractivity contribution in [1.29, 1.82) is 0 Å². The molecule has 1 aromatic rings. The van der Waals surface area contributed by atoms with Gasteiger partial charge in [-0.05, 0) is 25.0 Å². The van der Waals surface area contributed by atoms with E-state index in [1.807, 2.05) is 0 Å². The number of likely N-dealkylation sites (tertiary alicyclic amines) is 1. The van der Waals surface area contributed by atoms with Crippen LogP contribution in [0.3, 0.4) is 0 Å². The molecule has 0 spiro atoms. The number of nitrogens with zero attached hydrogens (tertiary/aromatic N) is 2. The van der Waals surface area contributed by atoms with Crippen molar-refractivity contribution < 1.29 is 9.72 Å². The summed E-state index contributed by atoms with van der Waals surface area (Å²) in [4.78, 5) is 24.3. The molecule has 1 fully saturated rings. The predicted octanol–water partition coefficient (Wildman–Crippen LogP) is 1.81. The summed E-state index contributed by atoms with van der Waals surface area (Å²) in [5.74, 6) is -0.360. The monoisotopic (exact) mass is 283 g/mol. The third kappa shape index (κ3) is 3.02. The summed E-state index contributed by atoms with van der Waals surface area (Å²) in [5.41, 5.74) is 5.59. The van der Waals surface area contributed by atoms with E-state index in [0.29, 0.717) is 31.0 Å². The Labute approximate surface area is 115 Å². The SMILES string of the molecule is NC1CCN(C(=O)c2cc(Cl)ccc2[N+](=O)[O-])CC1. The first-order valence-electron chi connectivity index (χ1n) is 5.98. The number of carbonyl (C=O) groups is 1. The van der Waals surface area contributed by atoms with E-state index < -0.39 is 4.92 Å². The smallest absolute Gasteiger partial charge is 0.282 e. The van der Waals surface area contributed by atoms with Crippen LogP contribution in [0.5, 0.6) is 0 Å². The van der Waals surface area contributed by atoms with Gasteiger partial charge in [-0.3, -0.25) is 14.9 Å². The molecule has 102 valence electrons. The minimum Gasteiger partial charge on any atom is -0.338 e. The van der Waals surface area contributed by atoms with Crippen molar-refractivity contribution in [2.75, 3.05) is 13.1 Å². The van der Waals surface area contributed by atoms with Crippen molar-refractivity contribution >= 4 is 23.2 Å². The van der Waals surface area contributed by atoms with Crippen molar-refractivity contribution in [3.8, 4) is 0 Å². The van der Waals surface area contributed by atoms with E-state index in [4.69, 9.17) is 17.3 Å². The summed E-state index contributed by atoms with van der Waals surface area (Å²) in [7, 11) is 0. The molecule has 0 bridgehead atoms. The molecule has 1 heterocycles. The highest BCUT2D eigenvalue weighted by molar-refractivity contribution is 6.31. The van der Waals surface area contributed by atoms with Gasteiger partial charge in [0.25, 0.3) is 11.6 Å². The van der Waals surface area contributed by atoms with Crippen LogP contribution >= 0.6 is 11.6 Å². The van der Waals surface area contributed by atoms with Gasteiger partial charge in [0, 0.05) is 30.2 Å². The second-order valence-corrected chi connectivity index (χ2v) is 4.98. The average Bonchev–Trinajstić information content (AvgIpc) is 2.38. The highest BCUT2D eigenvalue weighted by Crippen LogP contribution is 2.25. The minimum absolute atomic E-state index is 0.0352. The Morgan fingerprint density at radius 2 is 2.05 bits per heavy atom. The summed E-state index contributed by atoms with van der Waals surface area (Å²) in [6.45, 7) is 1.04. The molecular weight excluding hydrogens is 270 g/mol. The molecule has 6 nitrogen and oxygen atoms in total. The Morgan fingerprint density at radius 3 is 2.63 bits per heavy atom. The summed E-state index contributed by atoms with van der Waals surface area (Å²) >= 11 is 5.81. The van der Waals surface area contributed by atoms with E-state index >= 15 is 0 Å². The number of hydrogen-bond donors (Lipinski definition) is 1. The molecule has 19 heavy (non-hydrogen) atoms. The third-order valence-corrected chi connectivity index (χ3v) is 3.45. The highest BCUT2D eigenvalue weighted by atomic mass is 35.5. The van der Waals surface area contributed by atoms with E-state index in [1.165, 1.54) is 18.2 Å². The molecule has 0 aliphatic carbocycles. The number of nitro groups is 1. The van der Waals surface area contributed by atoms with E-state index in [2.05, 4.69) is 0 Å². The maximum atomic E-state index is 12.3. The maximum Gasteiger partial charge on any atom is 0.282 e. The lowest BCUT2D eigenvalue weighted by atomic mass is 10.0. The minimum atomic E-state index is -0.570. The molecule has 0 radical (unpaired) electrons. The van der Waals surface area contributed by atoms with Gasteiger partial charge in [-0.15, -0.1) is 0 Å². The molecule has 0 unspecified atom stereocenters. The number of carbonyl (C=O) groups excluding carboxylic acids is 1. The molecular formula is C12H14ClN3O3. The van der Waals surface area contributed by atoms with Crippen LogP contribution < -0.4 is 5.73 Å². The van der Waals surface area contributed by atoms with Crippen molar-refractivity contribution in [3.63, 3.8) is 0 Å². The van der Waals surface area contributed by atoms with Crippen LogP contribution in [-0.4, -0.2) is 34.9 Å². The van der Waals surface area contributed by atoms with Gasteiger partial charge in [0.1, 0.15) is 5.56 Å². The van der Waals surface area contributed by atoms with Crippen LogP contribution in [0.25, 0.3) is 0 Å². The normalized spacial score (nSPS) is 16.4. The van der Waals surface area contributed by atoms with Gasteiger partial charge in [0.05, 0.1) is 4.92 Å². The molecule has 7 heteroatoms. The number of rotatable bonds is 2. The molecule has 1 amide bonds. The molecule has 1 aliphatic rings. The number of nitrogens with two attached hydrogens (primary N) is 1. The van der Waals surface area contributed by atoms with Crippen LogP contribution in [0.15, 0.2) is 18.2 Å². The molecule has 0 atom stereocenters. The van der Waals surface area contributed by atoms with E-state index in [-0.39, 0.29) is 23.2 Å². The fourth-order valence-corrected chi connectivity index (χ4v) is 2.28. The summed E-state index contributed by atoms with van der Waals surface area (Å²) in [6, 6.07) is 4.10. The zero-order chi connectivity index (χ0) is 14.0. The van der Waals surface area contributed by atoms with Crippen LogP contribution in [0.1, 0.15) is 23.2 Å². The van der Waals surface area contributed by atoms with Crippen molar-refractivity contribution in [2.45, 2.75) is 18.9 Å². The van der Waals surface area contributed by atoms with Crippen LogP contribution in [0.4, 0.5) is 5.69 Å². The first kappa shape index (κ1) is 13.8. The number of halogens is 1. The topological polar surface area (TPSA) is 89.5 Å². The van der Waals surface area contributed by atoms with Crippen LogP contribution in [-0.2, 0) is 0 Å². The van der Waals surface area contributed by atoms with E-state index in [9.17, 15) is 14.9 Å². The zero-order valence-electron chi connectivity index (χ0n) is 10.2. The van der Waals surface area contributed by atoms with Gasteiger partial charge >= 0.3 is 0 Å². The van der Waals surface area contributed by atoms with Gasteiger partial charge < -0.3 is 10.6 Å². The largest absolute Gasteiger partial charge is 0.338 e. The van der Waals surface area contributed by atoms with Crippen LogP contribution in [0.2, 0.25) is 5.02 Å². The molecule has 1 aliphatic heterocycles. The summed E-state index contributed by atoms with van der Waals surface area (Å²) in [6.07, 6.45) is 1.42. The number of benzene rings is 1. The molecule has 2 rings (SSSR count). The molecule has 1 aromatic carbocycles. The average molecular weight is 284 g/mol. The number of amides is 1. The molecule has 0 aromatic heterocycles. The maximum absolute atomic E-state index is 12.3. The highest BCUT2D eigenvalue weighted by Gasteiger charge is 2.27. The first-order valence-corrected chi connectivity index (χ1v) is 6.35. The first-order chi connectivity index (χ1) is 8.99. The van der Waals surface area contributed by atoms with E-state index in [0.717, 1.165) is 0 Å². The predicted molar refractivity (Wildman–Crippen MR) is 71.2 cm³/mol. The lowest BCUT2D eigenvalue weighted by molar-refractivity contribution is -0.385. The summed E-state index contributed by atoms with van der Waals surface area (Å²) < 4.78 is 0. The quantitative estimate of drug-likeness (QED) is 0.662. The third-order valence-electron chi connectivity index (χ3n) is 3.21. The van der Waals surface area contributed by atoms with Gasteiger partial charge in [-0.25, -0.2) is 0 Å². The fraction of sp³-hybridized carbons (Fsp3) is 0.417. The van der Waals surface area contributed by atoms with Gasteiger partial charge in [0.2, 0.25) is 0 Å². The Morgan fingerprint density at radius 1 is 1.42 bits per heavy atom. The lowest BCUT2D eigenvalue weighted by Gasteiger charge is -2.30. The van der Waals surface area contributed by atoms with E-state index in [1.54, 1.807) is 4.90 Å². The zero-order valence-corrected chi connectivity index (χ0v) is 11.0. The molecule has 0 saturated carbocycles. The molecule has 2 N–H and O–H groups in total. The van der Waals surface area contributed by atoms with Crippen molar-refractivity contribution in [1.82, 2.24) is 4.90 Å². The van der Waals surface area contributed by atoms with Gasteiger partial charge in [-0.1, -0.05) is 11.6 Å².